The largest absolute Gasteiger partial charge is 0.485 e. The van der Waals surface area contributed by atoms with Gasteiger partial charge in [-0.3, -0.25) is 0 Å². The summed E-state index contributed by atoms with van der Waals surface area (Å²) >= 11 is 5.57. The van der Waals surface area contributed by atoms with Crippen LogP contribution < -0.4 is 4.74 Å². The second kappa shape index (κ2) is 5.05. The Morgan fingerprint density at radius 3 is 2.89 bits per heavy atom. The third-order valence-electron chi connectivity index (χ3n) is 2.05. The molecule has 0 spiro atoms. The Morgan fingerprint density at radius 1 is 1.50 bits per heavy atom. The molecule has 0 saturated carbocycles. The average molecular weight is 272 g/mol. The lowest BCUT2D eigenvalue weighted by Gasteiger charge is -2.03. The first-order valence-corrected chi connectivity index (χ1v) is 5.21. The van der Waals surface area contributed by atoms with Crippen molar-refractivity contribution in [3.05, 3.63) is 46.6 Å². The average Bonchev–Trinajstić information content (AvgIpc) is 2.79. The van der Waals surface area contributed by atoms with Gasteiger partial charge in [0, 0.05) is 12.1 Å². The van der Waals surface area contributed by atoms with Crippen LogP contribution in [0.2, 0.25) is 5.02 Å². The van der Waals surface area contributed by atoms with Crippen LogP contribution in [-0.4, -0.2) is 16.2 Å². The van der Waals surface area contributed by atoms with Crippen LogP contribution in [0.3, 0.4) is 0 Å². The summed E-state index contributed by atoms with van der Waals surface area (Å²) in [4.78, 5) is 10.5. The van der Waals surface area contributed by atoms with Crippen LogP contribution >= 0.6 is 11.6 Å². The molecule has 0 aliphatic rings. The van der Waals surface area contributed by atoms with Gasteiger partial charge in [0.05, 0.1) is 5.02 Å². The number of hydrogen-bond acceptors (Lipinski definition) is 4. The van der Waals surface area contributed by atoms with Crippen LogP contribution in [-0.2, 0) is 6.61 Å². The van der Waals surface area contributed by atoms with Gasteiger partial charge in [-0.1, -0.05) is 16.8 Å². The van der Waals surface area contributed by atoms with E-state index in [1.165, 1.54) is 24.3 Å². The topological polar surface area (TPSA) is 72.6 Å². The molecule has 1 aromatic heterocycles. The molecule has 1 N–H and O–H groups in total. The van der Waals surface area contributed by atoms with Gasteiger partial charge in [0.1, 0.15) is 18.2 Å². The molecule has 0 aliphatic heterocycles. The smallest absolute Gasteiger partial charge is 0.358 e. The number of rotatable bonds is 4. The molecule has 5 nitrogen and oxygen atoms in total. The first-order valence-electron chi connectivity index (χ1n) is 4.83. The lowest BCUT2D eigenvalue weighted by atomic mass is 10.3. The lowest BCUT2D eigenvalue weighted by molar-refractivity contribution is 0.0685. The number of benzene rings is 1. The molecule has 0 radical (unpaired) electrons. The van der Waals surface area contributed by atoms with Crippen molar-refractivity contribution in [1.29, 1.82) is 0 Å². The molecule has 0 aliphatic carbocycles. The highest BCUT2D eigenvalue weighted by molar-refractivity contribution is 6.30. The van der Waals surface area contributed by atoms with E-state index in [4.69, 9.17) is 26.0 Å². The Morgan fingerprint density at radius 2 is 2.28 bits per heavy atom. The van der Waals surface area contributed by atoms with Crippen molar-refractivity contribution >= 4 is 17.6 Å². The molecule has 7 heteroatoms. The highest BCUT2D eigenvalue weighted by Gasteiger charge is 2.11. The summed E-state index contributed by atoms with van der Waals surface area (Å²) in [6.07, 6.45) is 0. The molecule has 0 fully saturated rings. The van der Waals surface area contributed by atoms with Crippen LogP contribution in [0.25, 0.3) is 0 Å². The predicted octanol–water partition coefficient (Wildman–Crippen LogP) is 2.74. The van der Waals surface area contributed by atoms with Crippen LogP contribution in [0.15, 0.2) is 28.8 Å². The summed E-state index contributed by atoms with van der Waals surface area (Å²) < 4.78 is 22.9. The second-order valence-electron chi connectivity index (χ2n) is 3.35. The number of carboxylic acid groups (broad SMARTS) is 1. The van der Waals surface area contributed by atoms with Gasteiger partial charge in [-0.25, -0.2) is 9.18 Å². The Balaban J connectivity index is 2.02. The molecular formula is C11H7ClFNO4. The summed E-state index contributed by atoms with van der Waals surface area (Å²) in [7, 11) is 0. The number of aromatic carboxylic acids is 1. The van der Waals surface area contributed by atoms with Gasteiger partial charge in [0.2, 0.25) is 0 Å². The molecule has 0 unspecified atom stereocenters. The third kappa shape index (κ3) is 2.78. The molecule has 1 heterocycles. The number of carbonyl (C=O) groups is 1. The summed E-state index contributed by atoms with van der Waals surface area (Å²) in [6.45, 7) is -0.0256. The van der Waals surface area contributed by atoms with E-state index in [0.29, 0.717) is 5.75 Å². The SMILES string of the molecule is O=C(O)c1cc(COc2ccc(F)c(Cl)c2)on1. The van der Waals surface area contributed by atoms with E-state index in [2.05, 4.69) is 5.16 Å². The van der Waals surface area contributed by atoms with E-state index in [9.17, 15) is 9.18 Å². The minimum atomic E-state index is -1.19. The van der Waals surface area contributed by atoms with Gasteiger partial charge < -0.3 is 14.4 Å². The van der Waals surface area contributed by atoms with Crippen molar-refractivity contribution in [1.82, 2.24) is 5.16 Å². The quantitative estimate of drug-likeness (QED) is 0.925. The van der Waals surface area contributed by atoms with E-state index in [0.717, 1.165) is 0 Å². The first kappa shape index (κ1) is 12.4. The number of carboxylic acids is 1. The van der Waals surface area contributed by atoms with Crippen LogP contribution in [0.1, 0.15) is 16.2 Å². The summed E-state index contributed by atoms with van der Waals surface area (Å²) in [5.41, 5.74) is -0.203. The number of nitrogens with zero attached hydrogens (tertiary/aromatic N) is 1. The van der Waals surface area contributed by atoms with Crippen LogP contribution in [0.4, 0.5) is 4.39 Å². The fraction of sp³-hybridized carbons (Fsp3) is 0.0909. The van der Waals surface area contributed by atoms with Crippen molar-refractivity contribution in [3.63, 3.8) is 0 Å². The van der Waals surface area contributed by atoms with E-state index in [-0.39, 0.29) is 23.1 Å². The molecule has 18 heavy (non-hydrogen) atoms. The number of hydrogen-bond donors (Lipinski definition) is 1. The fourth-order valence-corrected chi connectivity index (χ4v) is 1.37. The summed E-state index contributed by atoms with van der Waals surface area (Å²) in [5.74, 6) is -1.14. The molecule has 2 rings (SSSR count). The molecule has 0 saturated heterocycles. The van der Waals surface area contributed by atoms with Gasteiger partial charge in [0.15, 0.2) is 11.5 Å². The minimum absolute atomic E-state index is 0.0256. The summed E-state index contributed by atoms with van der Waals surface area (Å²) in [6, 6.07) is 5.12. The highest BCUT2D eigenvalue weighted by atomic mass is 35.5. The van der Waals surface area contributed by atoms with E-state index >= 15 is 0 Å². The molecule has 0 atom stereocenters. The zero-order valence-electron chi connectivity index (χ0n) is 8.89. The lowest BCUT2D eigenvalue weighted by Crippen LogP contribution is -1.96. The third-order valence-corrected chi connectivity index (χ3v) is 2.34. The zero-order chi connectivity index (χ0) is 13.1. The molecule has 0 bridgehead atoms. The molecule has 0 amide bonds. The minimum Gasteiger partial charge on any atom is -0.485 e. The fourth-order valence-electron chi connectivity index (χ4n) is 1.20. The maximum atomic E-state index is 12.9. The Hall–Kier alpha value is -2.08. The van der Waals surface area contributed by atoms with E-state index < -0.39 is 11.8 Å². The molecule has 1 aromatic carbocycles. The first-order chi connectivity index (χ1) is 8.56. The highest BCUT2D eigenvalue weighted by Crippen LogP contribution is 2.21. The number of ether oxygens (including phenoxy) is 1. The van der Waals surface area contributed by atoms with Gasteiger partial charge in [0.25, 0.3) is 0 Å². The Kier molecular flexibility index (Phi) is 3.47. The van der Waals surface area contributed by atoms with Crippen molar-refractivity contribution in [2.45, 2.75) is 6.61 Å². The normalized spacial score (nSPS) is 10.3. The van der Waals surface area contributed by atoms with Gasteiger partial charge in [-0.05, 0) is 12.1 Å². The Labute approximate surface area is 106 Å². The zero-order valence-corrected chi connectivity index (χ0v) is 9.65. The second-order valence-corrected chi connectivity index (χ2v) is 3.76. The van der Waals surface area contributed by atoms with Crippen molar-refractivity contribution in [2.75, 3.05) is 0 Å². The monoisotopic (exact) mass is 271 g/mol. The molecular weight excluding hydrogens is 265 g/mol. The van der Waals surface area contributed by atoms with Gasteiger partial charge >= 0.3 is 5.97 Å². The van der Waals surface area contributed by atoms with Crippen molar-refractivity contribution < 1.29 is 23.6 Å². The van der Waals surface area contributed by atoms with Crippen LogP contribution in [0.5, 0.6) is 5.75 Å². The van der Waals surface area contributed by atoms with E-state index in [1.54, 1.807) is 0 Å². The predicted molar refractivity (Wildman–Crippen MR) is 59.2 cm³/mol. The van der Waals surface area contributed by atoms with E-state index in [1.807, 2.05) is 0 Å². The summed E-state index contributed by atoms with van der Waals surface area (Å²) in [5, 5.41) is 11.9. The standard InChI is InChI=1S/C11H7ClFNO4/c12-8-3-6(1-2-9(8)13)17-5-7-4-10(11(15)16)14-18-7/h1-4H,5H2,(H,15,16). The van der Waals surface area contributed by atoms with Crippen molar-refractivity contribution in [2.24, 2.45) is 0 Å². The van der Waals surface area contributed by atoms with Gasteiger partial charge in [-0.15, -0.1) is 0 Å². The number of halogens is 2. The maximum absolute atomic E-state index is 12.9. The van der Waals surface area contributed by atoms with Gasteiger partial charge in [-0.2, -0.15) is 0 Å². The molecule has 2 aromatic rings. The maximum Gasteiger partial charge on any atom is 0.358 e. The number of aromatic nitrogens is 1. The Bertz CT molecular complexity index is 584. The molecule has 94 valence electrons. The van der Waals surface area contributed by atoms with Crippen molar-refractivity contribution in [3.8, 4) is 5.75 Å². The van der Waals surface area contributed by atoms with Crippen LogP contribution in [0, 0.1) is 5.82 Å².